The van der Waals surface area contributed by atoms with E-state index in [1.54, 1.807) is 0 Å². The number of aromatic nitrogens is 3. The molecule has 3 aromatic rings. The van der Waals surface area contributed by atoms with E-state index in [9.17, 15) is 0 Å². The summed E-state index contributed by atoms with van der Waals surface area (Å²) in [4.78, 5) is 11.3. The number of nitrogens with zero attached hydrogens (tertiary/aromatic N) is 4. The highest BCUT2D eigenvalue weighted by atomic mass is 35.5. The number of fused-ring (bicyclic) bond motifs is 1. The summed E-state index contributed by atoms with van der Waals surface area (Å²) in [5.74, 6) is 0. The zero-order valence-corrected chi connectivity index (χ0v) is 14.5. The lowest BCUT2D eigenvalue weighted by atomic mass is 10.0. The molecule has 24 heavy (non-hydrogen) atoms. The third-order valence-electron chi connectivity index (χ3n) is 4.60. The molecule has 1 aromatic carbocycles. The predicted molar refractivity (Wildman–Crippen MR) is 98.2 cm³/mol. The molecule has 6 heteroatoms. The number of nitrogens with one attached hydrogen (secondary N) is 1. The van der Waals surface area contributed by atoms with E-state index in [4.69, 9.17) is 0 Å². The van der Waals surface area contributed by atoms with Crippen molar-refractivity contribution in [3.05, 3.63) is 60.2 Å². The van der Waals surface area contributed by atoms with Crippen LogP contribution in [-0.2, 0) is 13.6 Å². The van der Waals surface area contributed by atoms with Crippen LogP contribution in [0.25, 0.3) is 11.0 Å². The highest BCUT2D eigenvalue weighted by Gasteiger charge is 2.24. The van der Waals surface area contributed by atoms with Crippen LogP contribution in [0.3, 0.4) is 0 Å². The molecule has 5 nitrogen and oxygen atoms in total. The van der Waals surface area contributed by atoms with E-state index in [1.807, 2.05) is 31.8 Å². The normalized spacial score (nSPS) is 18.5. The van der Waals surface area contributed by atoms with Gasteiger partial charge in [0.1, 0.15) is 0 Å². The summed E-state index contributed by atoms with van der Waals surface area (Å²) in [5.41, 5.74) is 4.83. The fraction of sp³-hybridized carbons (Fsp3) is 0.333. The Bertz CT molecular complexity index is 802. The number of piperazine rings is 1. The number of rotatable bonds is 3. The van der Waals surface area contributed by atoms with Crippen LogP contribution in [-0.4, -0.2) is 39.1 Å². The van der Waals surface area contributed by atoms with Crippen molar-refractivity contribution < 1.29 is 0 Å². The van der Waals surface area contributed by atoms with Crippen LogP contribution in [0.2, 0.25) is 0 Å². The van der Waals surface area contributed by atoms with Crippen molar-refractivity contribution in [3.8, 4) is 0 Å². The Morgan fingerprint density at radius 2 is 2.21 bits per heavy atom. The minimum absolute atomic E-state index is 0. The highest BCUT2D eigenvalue weighted by Crippen LogP contribution is 2.24. The monoisotopic (exact) mass is 343 g/mol. The van der Waals surface area contributed by atoms with E-state index in [2.05, 4.69) is 49.0 Å². The van der Waals surface area contributed by atoms with E-state index in [0.717, 1.165) is 31.7 Å². The maximum absolute atomic E-state index is 4.47. The van der Waals surface area contributed by atoms with E-state index in [0.29, 0.717) is 6.04 Å². The average Bonchev–Trinajstić information content (AvgIpc) is 2.97. The van der Waals surface area contributed by atoms with Crippen LogP contribution in [0.4, 0.5) is 0 Å². The minimum Gasteiger partial charge on any atom is -0.334 e. The molecule has 2 aromatic heterocycles. The first-order chi connectivity index (χ1) is 11.3. The van der Waals surface area contributed by atoms with E-state index < -0.39 is 0 Å². The number of hydrogen-bond donors (Lipinski definition) is 1. The number of benzene rings is 1. The van der Waals surface area contributed by atoms with Gasteiger partial charge in [-0.25, -0.2) is 4.98 Å². The van der Waals surface area contributed by atoms with Crippen molar-refractivity contribution in [2.24, 2.45) is 7.05 Å². The van der Waals surface area contributed by atoms with Crippen LogP contribution in [0, 0.1) is 0 Å². The van der Waals surface area contributed by atoms with Gasteiger partial charge in [0.25, 0.3) is 0 Å². The average molecular weight is 344 g/mol. The lowest BCUT2D eigenvalue weighted by molar-refractivity contribution is 0.153. The van der Waals surface area contributed by atoms with Crippen LogP contribution in [0.15, 0.2) is 49.1 Å². The van der Waals surface area contributed by atoms with Gasteiger partial charge in [0.15, 0.2) is 0 Å². The second-order valence-electron chi connectivity index (χ2n) is 6.16. The topological polar surface area (TPSA) is 46.0 Å². The van der Waals surface area contributed by atoms with Crippen molar-refractivity contribution in [2.75, 3.05) is 19.6 Å². The summed E-state index contributed by atoms with van der Waals surface area (Å²) < 4.78 is 2.06. The Hall–Kier alpha value is -1.95. The van der Waals surface area contributed by atoms with Crippen LogP contribution < -0.4 is 5.32 Å². The number of hydrogen-bond acceptors (Lipinski definition) is 4. The molecule has 0 spiro atoms. The number of imidazole rings is 1. The third kappa shape index (κ3) is 3.29. The first-order valence-electron chi connectivity index (χ1n) is 8.06. The van der Waals surface area contributed by atoms with Gasteiger partial charge in [0.05, 0.1) is 17.4 Å². The lowest BCUT2D eigenvalue weighted by Crippen LogP contribution is -2.45. The fourth-order valence-electron chi connectivity index (χ4n) is 3.35. The zero-order valence-electron chi connectivity index (χ0n) is 13.7. The standard InChI is InChI=1S/C18H21N5.ClH/c1-22-13-21-16-9-14(4-5-17(16)22)12-23-8-7-20-11-18(23)15-3-2-6-19-10-15;/h2-6,9-10,13,18,20H,7-8,11-12H2,1H3;1H. The predicted octanol–water partition coefficient (Wildman–Crippen LogP) is 2.54. The van der Waals surface area contributed by atoms with Gasteiger partial charge in [-0.3, -0.25) is 9.88 Å². The van der Waals surface area contributed by atoms with E-state index >= 15 is 0 Å². The molecule has 0 amide bonds. The molecule has 1 aliphatic rings. The molecule has 4 rings (SSSR count). The number of pyridine rings is 1. The summed E-state index contributed by atoms with van der Waals surface area (Å²) in [5, 5.41) is 3.50. The van der Waals surface area contributed by atoms with Gasteiger partial charge in [0, 0.05) is 51.7 Å². The molecular weight excluding hydrogens is 322 g/mol. The molecule has 1 fully saturated rings. The molecule has 3 heterocycles. The molecule has 0 bridgehead atoms. The van der Waals surface area contributed by atoms with E-state index in [1.165, 1.54) is 16.6 Å². The van der Waals surface area contributed by atoms with Crippen molar-refractivity contribution in [1.82, 2.24) is 24.8 Å². The molecule has 0 saturated carbocycles. The minimum atomic E-state index is 0. The van der Waals surface area contributed by atoms with Gasteiger partial charge in [-0.15, -0.1) is 12.4 Å². The number of halogens is 1. The molecule has 1 N–H and O–H groups in total. The highest BCUT2D eigenvalue weighted by molar-refractivity contribution is 5.85. The third-order valence-corrected chi connectivity index (χ3v) is 4.60. The quantitative estimate of drug-likeness (QED) is 0.794. The molecule has 126 valence electrons. The van der Waals surface area contributed by atoms with Gasteiger partial charge in [-0.2, -0.15) is 0 Å². The molecule has 1 atom stereocenters. The molecule has 1 unspecified atom stereocenters. The Morgan fingerprint density at radius 3 is 3.04 bits per heavy atom. The second kappa shape index (κ2) is 7.30. The molecule has 1 saturated heterocycles. The maximum atomic E-state index is 4.47. The van der Waals surface area contributed by atoms with Gasteiger partial charge < -0.3 is 9.88 Å². The molecule has 1 aliphatic heterocycles. The van der Waals surface area contributed by atoms with Gasteiger partial charge in [0.2, 0.25) is 0 Å². The summed E-state index contributed by atoms with van der Waals surface area (Å²) in [7, 11) is 2.03. The van der Waals surface area contributed by atoms with Gasteiger partial charge >= 0.3 is 0 Å². The Labute approximate surface area is 148 Å². The summed E-state index contributed by atoms with van der Waals surface area (Å²) in [6.07, 6.45) is 5.68. The Balaban J connectivity index is 0.00000169. The van der Waals surface area contributed by atoms with Crippen molar-refractivity contribution in [1.29, 1.82) is 0 Å². The Kier molecular flexibility index (Phi) is 5.14. The SMILES string of the molecule is Cl.Cn1cnc2cc(CN3CCNCC3c3cccnc3)ccc21. The van der Waals surface area contributed by atoms with E-state index in [-0.39, 0.29) is 12.4 Å². The second-order valence-corrected chi connectivity index (χ2v) is 6.16. The largest absolute Gasteiger partial charge is 0.334 e. The first-order valence-corrected chi connectivity index (χ1v) is 8.06. The fourth-order valence-corrected chi connectivity index (χ4v) is 3.35. The van der Waals surface area contributed by atoms with Crippen molar-refractivity contribution >= 4 is 23.4 Å². The maximum Gasteiger partial charge on any atom is 0.0955 e. The molecule has 0 aliphatic carbocycles. The first kappa shape index (κ1) is 16.9. The Morgan fingerprint density at radius 1 is 1.29 bits per heavy atom. The van der Waals surface area contributed by atoms with Gasteiger partial charge in [-0.1, -0.05) is 12.1 Å². The zero-order chi connectivity index (χ0) is 15.6. The van der Waals surface area contributed by atoms with Crippen LogP contribution >= 0.6 is 12.4 Å². The summed E-state index contributed by atoms with van der Waals surface area (Å²) >= 11 is 0. The lowest BCUT2D eigenvalue weighted by Gasteiger charge is -2.36. The summed E-state index contributed by atoms with van der Waals surface area (Å²) in [6.45, 7) is 3.98. The molecule has 0 radical (unpaired) electrons. The van der Waals surface area contributed by atoms with Crippen LogP contribution in [0.1, 0.15) is 17.2 Å². The smallest absolute Gasteiger partial charge is 0.0955 e. The van der Waals surface area contributed by atoms with Crippen molar-refractivity contribution in [3.63, 3.8) is 0 Å². The summed E-state index contributed by atoms with van der Waals surface area (Å²) in [6, 6.07) is 11.1. The van der Waals surface area contributed by atoms with Crippen LogP contribution in [0.5, 0.6) is 0 Å². The van der Waals surface area contributed by atoms with Gasteiger partial charge in [-0.05, 0) is 29.3 Å². The molecular formula is C18H22ClN5. The van der Waals surface area contributed by atoms with Crippen molar-refractivity contribution in [2.45, 2.75) is 12.6 Å². The number of aryl methyl sites for hydroxylation is 1.